The van der Waals surface area contributed by atoms with Gasteiger partial charge in [-0.05, 0) is 48.4 Å². The maximum Gasteiger partial charge on any atom is 0.335 e. The van der Waals surface area contributed by atoms with Crippen molar-refractivity contribution < 1.29 is 19.4 Å². The molecule has 2 rings (SSSR count). The first-order valence-corrected chi connectivity index (χ1v) is 7.09. The number of anilines is 1. The summed E-state index contributed by atoms with van der Waals surface area (Å²) in [4.78, 5) is 22.5. The Labute approximate surface area is 134 Å². The lowest BCUT2D eigenvalue weighted by Crippen LogP contribution is -2.30. The van der Waals surface area contributed by atoms with Crippen LogP contribution in [0.15, 0.2) is 48.5 Å². The highest BCUT2D eigenvalue weighted by atomic mass is 16.5. The molecule has 0 atom stereocenters. The first kappa shape index (κ1) is 16.4. The van der Waals surface area contributed by atoms with Gasteiger partial charge in [0.25, 0.3) is 0 Å². The van der Waals surface area contributed by atoms with Gasteiger partial charge < -0.3 is 20.5 Å². The van der Waals surface area contributed by atoms with Crippen LogP contribution in [0.25, 0.3) is 0 Å². The Morgan fingerprint density at radius 3 is 2.26 bits per heavy atom. The molecule has 0 aliphatic rings. The number of carbonyl (C=O) groups excluding carboxylic acids is 1. The number of ether oxygens (including phenoxy) is 1. The van der Waals surface area contributed by atoms with E-state index in [4.69, 9.17) is 9.84 Å². The van der Waals surface area contributed by atoms with Crippen molar-refractivity contribution in [1.82, 2.24) is 5.32 Å². The molecule has 0 bridgehead atoms. The fraction of sp³-hybridized carbons (Fsp3) is 0.176. The smallest absolute Gasteiger partial charge is 0.335 e. The third-order valence-electron chi connectivity index (χ3n) is 3.25. The van der Waals surface area contributed by atoms with Crippen LogP contribution < -0.4 is 15.4 Å². The Balaban J connectivity index is 1.77. The van der Waals surface area contributed by atoms with Gasteiger partial charge in [0.2, 0.25) is 0 Å². The normalized spacial score (nSPS) is 9.96. The van der Waals surface area contributed by atoms with Gasteiger partial charge in [0.05, 0.1) is 12.7 Å². The largest absolute Gasteiger partial charge is 0.497 e. The number of carboxylic acid groups (broad SMARTS) is 1. The van der Waals surface area contributed by atoms with E-state index in [2.05, 4.69) is 10.6 Å². The maximum atomic E-state index is 11.8. The first-order chi connectivity index (χ1) is 11.1. The van der Waals surface area contributed by atoms with E-state index in [1.807, 2.05) is 24.3 Å². The van der Waals surface area contributed by atoms with Crippen molar-refractivity contribution in [3.05, 3.63) is 59.7 Å². The molecule has 2 amide bonds. The molecule has 0 radical (unpaired) electrons. The molecule has 120 valence electrons. The lowest BCUT2D eigenvalue weighted by molar-refractivity contribution is 0.0697. The summed E-state index contributed by atoms with van der Waals surface area (Å²) >= 11 is 0. The quantitative estimate of drug-likeness (QED) is 0.765. The van der Waals surface area contributed by atoms with Gasteiger partial charge in [0, 0.05) is 12.2 Å². The van der Waals surface area contributed by atoms with Crippen LogP contribution in [0.1, 0.15) is 15.9 Å². The van der Waals surface area contributed by atoms with Crippen molar-refractivity contribution in [2.24, 2.45) is 0 Å². The summed E-state index contributed by atoms with van der Waals surface area (Å²) in [6.07, 6.45) is 0.704. The van der Waals surface area contributed by atoms with Gasteiger partial charge in [-0.1, -0.05) is 12.1 Å². The molecule has 2 aromatic carbocycles. The summed E-state index contributed by atoms with van der Waals surface area (Å²) in [7, 11) is 1.61. The summed E-state index contributed by atoms with van der Waals surface area (Å²) in [6.45, 7) is 0.491. The fourth-order valence-electron chi connectivity index (χ4n) is 1.98. The third-order valence-corrected chi connectivity index (χ3v) is 3.25. The van der Waals surface area contributed by atoms with E-state index in [0.29, 0.717) is 18.7 Å². The van der Waals surface area contributed by atoms with E-state index in [-0.39, 0.29) is 11.6 Å². The number of carbonyl (C=O) groups is 2. The van der Waals surface area contributed by atoms with Crippen LogP contribution in [0.5, 0.6) is 5.75 Å². The number of amides is 2. The number of hydrogen-bond acceptors (Lipinski definition) is 3. The van der Waals surface area contributed by atoms with Gasteiger partial charge in [-0.25, -0.2) is 9.59 Å². The third kappa shape index (κ3) is 5.03. The molecule has 0 aliphatic heterocycles. The van der Waals surface area contributed by atoms with Crippen LogP contribution >= 0.6 is 0 Å². The Bertz CT molecular complexity index is 666. The molecule has 6 nitrogen and oxygen atoms in total. The molecule has 0 aromatic heterocycles. The lowest BCUT2D eigenvalue weighted by atomic mass is 10.1. The molecule has 0 heterocycles. The minimum absolute atomic E-state index is 0.176. The molecule has 0 spiro atoms. The molecule has 0 aliphatic carbocycles. The highest BCUT2D eigenvalue weighted by Gasteiger charge is 2.04. The van der Waals surface area contributed by atoms with Crippen molar-refractivity contribution >= 4 is 17.7 Å². The van der Waals surface area contributed by atoms with Crippen molar-refractivity contribution in [3.63, 3.8) is 0 Å². The SMILES string of the molecule is COc1ccc(CCNC(=O)Nc2ccc(C(=O)O)cc2)cc1. The zero-order chi connectivity index (χ0) is 16.7. The first-order valence-electron chi connectivity index (χ1n) is 7.09. The second-order valence-corrected chi connectivity index (χ2v) is 4.86. The van der Waals surface area contributed by atoms with Crippen molar-refractivity contribution in [2.75, 3.05) is 19.0 Å². The molecule has 0 saturated carbocycles. The topological polar surface area (TPSA) is 87.7 Å². The van der Waals surface area contributed by atoms with Crippen molar-refractivity contribution in [3.8, 4) is 5.75 Å². The van der Waals surface area contributed by atoms with Crippen LogP contribution in [0, 0.1) is 0 Å². The van der Waals surface area contributed by atoms with Crippen molar-refractivity contribution in [1.29, 1.82) is 0 Å². The minimum Gasteiger partial charge on any atom is -0.497 e. The molecule has 6 heteroatoms. The van der Waals surface area contributed by atoms with Gasteiger partial charge in [-0.15, -0.1) is 0 Å². The van der Waals surface area contributed by atoms with E-state index in [0.717, 1.165) is 11.3 Å². The zero-order valence-corrected chi connectivity index (χ0v) is 12.7. The van der Waals surface area contributed by atoms with E-state index in [9.17, 15) is 9.59 Å². The molecular weight excluding hydrogens is 296 g/mol. The number of urea groups is 1. The molecule has 23 heavy (non-hydrogen) atoms. The summed E-state index contributed by atoms with van der Waals surface area (Å²) < 4.78 is 5.08. The Kier molecular flexibility index (Phi) is 5.57. The predicted molar refractivity (Wildman–Crippen MR) is 87.1 cm³/mol. The van der Waals surface area contributed by atoms with Gasteiger partial charge in [0.15, 0.2) is 0 Å². The Hall–Kier alpha value is -3.02. The van der Waals surface area contributed by atoms with Crippen LogP contribution in [-0.2, 0) is 6.42 Å². The van der Waals surface area contributed by atoms with Crippen LogP contribution in [0.4, 0.5) is 10.5 Å². The number of carboxylic acids is 1. The molecule has 0 unspecified atom stereocenters. The monoisotopic (exact) mass is 314 g/mol. The average Bonchev–Trinajstić information content (AvgIpc) is 2.56. The molecule has 0 fully saturated rings. The summed E-state index contributed by atoms with van der Waals surface area (Å²) in [6, 6.07) is 13.3. The Morgan fingerprint density at radius 1 is 1.04 bits per heavy atom. The molecule has 0 saturated heterocycles. The van der Waals surface area contributed by atoms with Crippen LogP contribution in [-0.4, -0.2) is 30.8 Å². The van der Waals surface area contributed by atoms with Gasteiger partial charge in [-0.2, -0.15) is 0 Å². The van der Waals surface area contributed by atoms with Gasteiger partial charge >= 0.3 is 12.0 Å². The molecular formula is C17H18N2O4. The highest BCUT2D eigenvalue weighted by molar-refractivity contribution is 5.91. The fourth-order valence-corrected chi connectivity index (χ4v) is 1.98. The van der Waals surface area contributed by atoms with Crippen molar-refractivity contribution in [2.45, 2.75) is 6.42 Å². The zero-order valence-electron chi connectivity index (χ0n) is 12.7. The number of rotatable bonds is 6. The van der Waals surface area contributed by atoms with Gasteiger partial charge in [0.1, 0.15) is 5.75 Å². The van der Waals surface area contributed by atoms with Crippen LogP contribution in [0.2, 0.25) is 0 Å². The number of benzene rings is 2. The maximum absolute atomic E-state index is 11.8. The van der Waals surface area contributed by atoms with Crippen LogP contribution in [0.3, 0.4) is 0 Å². The highest BCUT2D eigenvalue weighted by Crippen LogP contribution is 2.11. The summed E-state index contributed by atoms with van der Waals surface area (Å²) in [5, 5.41) is 14.2. The van der Waals surface area contributed by atoms with E-state index >= 15 is 0 Å². The number of aromatic carboxylic acids is 1. The Morgan fingerprint density at radius 2 is 1.70 bits per heavy atom. The predicted octanol–water partition coefficient (Wildman–Crippen LogP) is 2.76. The number of hydrogen-bond donors (Lipinski definition) is 3. The lowest BCUT2D eigenvalue weighted by Gasteiger charge is -2.08. The van der Waals surface area contributed by atoms with E-state index in [1.54, 1.807) is 19.2 Å². The summed E-state index contributed by atoms with van der Waals surface area (Å²) in [5.74, 6) is -0.204. The standard InChI is InChI=1S/C17H18N2O4/c1-23-15-8-2-12(3-9-15)10-11-18-17(22)19-14-6-4-13(5-7-14)16(20)21/h2-9H,10-11H2,1H3,(H,20,21)(H2,18,19,22). The number of methoxy groups -OCH3 is 1. The second-order valence-electron chi connectivity index (χ2n) is 4.86. The molecule has 3 N–H and O–H groups in total. The summed E-state index contributed by atoms with van der Waals surface area (Å²) in [5.41, 5.74) is 1.81. The molecule has 2 aromatic rings. The van der Waals surface area contributed by atoms with E-state index < -0.39 is 5.97 Å². The minimum atomic E-state index is -1.000. The number of nitrogens with one attached hydrogen (secondary N) is 2. The van der Waals surface area contributed by atoms with E-state index in [1.165, 1.54) is 12.1 Å². The van der Waals surface area contributed by atoms with Gasteiger partial charge in [-0.3, -0.25) is 0 Å². The second kappa shape index (κ2) is 7.84. The average molecular weight is 314 g/mol.